The van der Waals surface area contributed by atoms with Gasteiger partial charge in [0.05, 0.1) is 0 Å². The second-order valence-electron chi connectivity index (χ2n) is 15.3. The Morgan fingerprint density at radius 1 is 0.765 bits per heavy atom. The van der Waals surface area contributed by atoms with Gasteiger partial charge in [-0.3, -0.25) is 4.79 Å². The molecule has 5 saturated carbocycles. The lowest BCUT2D eigenvalue weighted by Gasteiger charge is -2.73. The Hall–Kier alpha value is -0.790. The molecule has 0 radical (unpaired) electrons. The molecule has 0 heterocycles. The smallest absolute Gasteiger partial charge is 0.302 e. The van der Waals surface area contributed by atoms with E-state index in [-0.39, 0.29) is 17.5 Å². The van der Waals surface area contributed by atoms with E-state index in [0.717, 1.165) is 30.1 Å². The molecular weight excluding hydrogens is 416 g/mol. The van der Waals surface area contributed by atoms with Crippen LogP contribution in [-0.4, -0.2) is 12.1 Å². The Morgan fingerprint density at radius 2 is 1.47 bits per heavy atom. The van der Waals surface area contributed by atoms with Crippen molar-refractivity contribution in [1.82, 2.24) is 0 Å². The van der Waals surface area contributed by atoms with Crippen LogP contribution in [0.1, 0.15) is 120 Å². The van der Waals surface area contributed by atoms with Gasteiger partial charge in [0.2, 0.25) is 0 Å². The molecule has 0 spiro atoms. The number of allylic oxidation sites excluding steroid dienone is 1. The van der Waals surface area contributed by atoms with Crippen molar-refractivity contribution in [3.63, 3.8) is 0 Å². The summed E-state index contributed by atoms with van der Waals surface area (Å²) in [6.07, 6.45) is 13.4. The third kappa shape index (κ3) is 3.08. The maximum absolute atomic E-state index is 11.9. The van der Waals surface area contributed by atoms with E-state index in [1.165, 1.54) is 63.4 Å². The predicted octanol–water partition coefficient (Wildman–Crippen LogP) is 8.60. The molecule has 0 aromatic rings. The van der Waals surface area contributed by atoms with Gasteiger partial charge in [-0.1, -0.05) is 53.7 Å². The van der Waals surface area contributed by atoms with Crippen molar-refractivity contribution in [1.29, 1.82) is 0 Å². The first-order valence-corrected chi connectivity index (χ1v) is 14.5. The lowest BCUT2D eigenvalue weighted by molar-refractivity contribution is -0.248. The Labute approximate surface area is 210 Å². The van der Waals surface area contributed by atoms with Gasteiger partial charge in [0.15, 0.2) is 0 Å². The highest BCUT2D eigenvalue weighted by atomic mass is 16.5. The molecule has 5 aliphatic carbocycles. The van der Waals surface area contributed by atoms with E-state index in [2.05, 4.69) is 55.0 Å². The maximum Gasteiger partial charge on any atom is 0.302 e. The summed E-state index contributed by atoms with van der Waals surface area (Å²) in [5.74, 6) is 3.74. The normalized spacial score (nSPS) is 53.6. The van der Waals surface area contributed by atoms with Crippen molar-refractivity contribution in [3.8, 4) is 0 Å². The molecule has 5 rings (SSSR count). The zero-order chi connectivity index (χ0) is 24.9. The topological polar surface area (TPSA) is 26.3 Å². The third-order valence-corrected chi connectivity index (χ3v) is 13.7. The Balaban J connectivity index is 1.50. The first kappa shape index (κ1) is 24.9. The molecule has 0 bridgehead atoms. The van der Waals surface area contributed by atoms with Crippen LogP contribution in [-0.2, 0) is 9.53 Å². The minimum Gasteiger partial charge on any atom is -0.462 e. The Kier molecular flexibility index (Phi) is 5.57. The molecule has 2 nitrogen and oxygen atoms in total. The molecule has 3 unspecified atom stereocenters. The van der Waals surface area contributed by atoms with E-state index < -0.39 is 0 Å². The molecular formula is C32H52O2. The van der Waals surface area contributed by atoms with Gasteiger partial charge in [-0.05, 0) is 122 Å². The van der Waals surface area contributed by atoms with E-state index in [1.807, 2.05) is 0 Å². The number of carbonyl (C=O) groups excluding carboxylic acids is 1. The van der Waals surface area contributed by atoms with Crippen LogP contribution in [0.2, 0.25) is 0 Å². The first-order chi connectivity index (χ1) is 15.7. The van der Waals surface area contributed by atoms with E-state index in [1.54, 1.807) is 6.92 Å². The van der Waals surface area contributed by atoms with Crippen LogP contribution in [0.25, 0.3) is 0 Å². The second-order valence-corrected chi connectivity index (χ2v) is 15.3. The SMILES string of the molecule is C=C(C)C1CC[C@]2(C)CC[C@]3(C)[C@H](CCC4[C@@]5(C)CC[C@@H](OC(C)=O)C(C)(C)[C@@H]5CC[C@]43C)C12. The number of rotatable bonds is 2. The molecule has 5 fully saturated rings. The first-order valence-electron chi connectivity index (χ1n) is 14.5. The third-order valence-electron chi connectivity index (χ3n) is 13.7. The average Bonchev–Trinajstić information content (AvgIpc) is 3.08. The number of hydrogen-bond donors (Lipinski definition) is 0. The highest BCUT2D eigenvalue weighted by Crippen LogP contribution is 2.77. The van der Waals surface area contributed by atoms with Gasteiger partial charge in [0.1, 0.15) is 6.10 Å². The summed E-state index contributed by atoms with van der Waals surface area (Å²) < 4.78 is 5.91. The van der Waals surface area contributed by atoms with Crippen LogP contribution in [0.3, 0.4) is 0 Å². The summed E-state index contributed by atoms with van der Waals surface area (Å²) in [5, 5.41) is 0. The zero-order valence-electron chi connectivity index (χ0n) is 23.6. The lowest BCUT2D eigenvalue weighted by atomic mass is 9.32. The van der Waals surface area contributed by atoms with Crippen LogP contribution >= 0.6 is 0 Å². The van der Waals surface area contributed by atoms with Crippen molar-refractivity contribution in [3.05, 3.63) is 12.2 Å². The number of ether oxygens (including phenoxy) is 1. The Bertz CT molecular complexity index is 872. The number of fused-ring (bicyclic) bond motifs is 7. The standard InChI is InChI=1S/C32H52O2/c1-20(2)22-12-15-29(6)18-19-31(8)23(27(22)29)10-11-25-30(7)16-14-26(34-21(3)33)28(4,5)24(30)13-17-32(25,31)9/h22-27H,1,10-19H2,2-9H3/t22?,23-,24+,25?,26-,27?,29-,30+,31-,32-/m1/s1. The molecule has 0 aromatic heterocycles. The monoisotopic (exact) mass is 468 g/mol. The van der Waals surface area contributed by atoms with E-state index >= 15 is 0 Å². The van der Waals surface area contributed by atoms with Gasteiger partial charge >= 0.3 is 5.97 Å². The number of carbonyl (C=O) groups is 1. The summed E-state index contributed by atoms with van der Waals surface area (Å²) in [4.78, 5) is 11.9. The zero-order valence-corrected chi connectivity index (χ0v) is 23.6. The number of esters is 1. The molecule has 0 aromatic carbocycles. The Morgan fingerprint density at radius 3 is 2.12 bits per heavy atom. The molecule has 0 amide bonds. The molecule has 0 aliphatic heterocycles. The van der Waals surface area contributed by atoms with Crippen molar-refractivity contribution in [2.24, 2.45) is 56.7 Å². The summed E-state index contributed by atoms with van der Waals surface area (Å²) in [6, 6.07) is 0. The minimum atomic E-state index is -0.107. The fourth-order valence-electron chi connectivity index (χ4n) is 11.9. The van der Waals surface area contributed by atoms with Crippen molar-refractivity contribution in [2.75, 3.05) is 0 Å². The molecule has 5 aliphatic rings. The summed E-state index contributed by atoms with van der Waals surface area (Å²) in [7, 11) is 0. The summed E-state index contributed by atoms with van der Waals surface area (Å²) in [5.41, 5.74) is 3.23. The van der Waals surface area contributed by atoms with Crippen LogP contribution in [0, 0.1) is 56.7 Å². The van der Waals surface area contributed by atoms with Gasteiger partial charge in [0.25, 0.3) is 0 Å². The molecule has 192 valence electrons. The maximum atomic E-state index is 11.9. The van der Waals surface area contributed by atoms with Crippen molar-refractivity contribution >= 4 is 5.97 Å². The quantitative estimate of drug-likeness (QED) is 0.299. The minimum absolute atomic E-state index is 0.0550. The van der Waals surface area contributed by atoms with Crippen LogP contribution in [0.5, 0.6) is 0 Å². The molecule has 34 heavy (non-hydrogen) atoms. The summed E-state index contributed by atoms with van der Waals surface area (Å²) in [6.45, 7) is 23.9. The van der Waals surface area contributed by atoms with Gasteiger partial charge in [-0.25, -0.2) is 0 Å². The fourth-order valence-corrected chi connectivity index (χ4v) is 11.9. The lowest BCUT2D eigenvalue weighted by Crippen LogP contribution is -2.66. The van der Waals surface area contributed by atoms with Gasteiger partial charge < -0.3 is 4.74 Å². The average molecular weight is 469 g/mol. The second kappa shape index (κ2) is 7.61. The van der Waals surface area contributed by atoms with E-state index in [0.29, 0.717) is 27.6 Å². The van der Waals surface area contributed by atoms with Crippen molar-refractivity contribution in [2.45, 2.75) is 126 Å². The molecule has 0 saturated heterocycles. The predicted molar refractivity (Wildman–Crippen MR) is 140 cm³/mol. The van der Waals surface area contributed by atoms with Crippen LogP contribution in [0.15, 0.2) is 12.2 Å². The van der Waals surface area contributed by atoms with Gasteiger partial charge in [0, 0.05) is 12.3 Å². The largest absolute Gasteiger partial charge is 0.462 e. The van der Waals surface area contributed by atoms with Crippen LogP contribution in [0.4, 0.5) is 0 Å². The van der Waals surface area contributed by atoms with E-state index in [4.69, 9.17) is 4.74 Å². The van der Waals surface area contributed by atoms with Gasteiger partial charge in [-0.15, -0.1) is 0 Å². The fraction of sp³-hybridized carbons (Fsp3) is 0.906. The number of hydrogen-bond acceptors (Lipinski definition) is 2. The molecule has 2 heteroatoms. The molecule has 10 atom stereocenters. The van der Waals surface area contributed by atoms with Gasteiger partial charge in [-0.2, -0.15) is 0 Å². The van der Waals surface area contributed by atoms with E-state index in [9.17, 15) is 4.79 Å². The van der Waals surface area contributed by atoms with Crippen LogP contribution < -0.4 is 0 Å². The van der Waals surface area contributed by atoms with Crippen molar-refractivity contribution < 1.29 is 9.53 Å². The molecule has 0 N–H and O–H groups in total. The highest BCUT2D eigenvalue weighted by Gasteiger charge is 2.70. The summed E-state index contributed by atoms with van der Waals surface area (Å²) >= 11 is 0. The highest BCUT2D eigenvalue weighted by molar-refractivity contribution is 5.66.